The van der Waals surface area contributed by atoms with E-state index in [4.69, 9.17) is 10.5 Å². The van der Waals surface area contributed by atoms with Crippen LogP contribution in [0.2, 0.25) is 0 Å². The molecule has 2 bridgehead atoms. The Hall–Kier alpha value is -5.82. The molecular weight excluding hydrogens is 983 g/mol. The van der Waals surface area contributed by atoms with Crippen molar-refractivity contribution < 1.29 is 67.4 Å². The summed E-state index contributed by atoms with van der Waals surface area (Å²) in [4.78, 5) is 130. The highest BCUT2D eigenvalue weighted by Crippen LogP contribution is 2.33. The number of ketones is 2. The van der Waals surface area contributed by atoms with Crippen molar-refractivity contribution >= 4 is 74.6 Å². The summed E-state index contributed by atoms with van der Waals surface area (Å²) >= 11 is 0. The molecule has 2 aromatic rings. The van der Waals surface area contributed by atoms with Gasteiger partial charge in [0.2, 0.25) is 41.4 Å². The molecule has 3 aliphatic rings. The Morgan fingerprint density at radius 1 is 0.878 bits per heavy atom. The molecule has 5 rings (SSSR count). The molecule has 0 saturated carbocycles. The number of aromatic amines is 1. The molecule has 24 heteroatoms. The van der Waals surface area contributed by atoms with Crippen LogP contribution in [0.15, 0.2) is 23.2 Å². The van der Waals surface area contributed by atoms with Crippen LogP contribution >= 0.6 is 0 Å². The van der Waals surface area contributed by atoms with Gasteiger partial charge in [0, 0.05) is 61.6 Å². The first kappa shape index (κ1) is 59.1. The van der Waals surface area contributed by atoms with Crippen LogP contribution in [0, 0.1) is 23.7 Å². The minimum Gasteiger partial charge on any atom is -0.494 e. The highest BCUT2D eigenvalue weighted by molar-refractivity contribution is 7.85. The minimum absolute atomic E-state index is 0.0262. The maximum Gasteiger partial charge on any atom is 0.243 e. The summed E-state index contributed by atoms with van der Waals surface area (Å²) in [6, 6.07) is -0.611. The number of H-pyrrole nitrogens is 1. The average Bonchev–Trinajstić information content (AvgIpc) is 3.93. The van der Waals surface area contributed by atoms with E-state index in [9.17, 15) is 62.7 Å². The standard InChI is InChI=1S/C50H75N9O14S/c1-6-27(4)44-48(70)54-21-42(66)55-36-25-74(72)49-34(33-12-11-32(20-35(33)56-49)73-14-10-8-7-9-13-52-26(2)3)15-29(46(68)53-22-43(67)57-44)16-39(63)45(28(5)40(64)24-60)58-47(69)37-19-31(61)23-59(37)50(71)30(17-38(36)62)18-41(51)65/h11-12,20,26-31,36-37,40,44-45,52,56,60-61,64H,6-10,13-19,21-25H2,1-5H3,(H2,51,65)(H,53,68)(H,54,70)(H,55,66)(H,57,67)(H,58,69)/t27-,28-,29?,30-,31?,36?,37-,40-,44-,45-,74+/m0/s1. The highest BCUT2D eigenvalue weighted by atomic mass is 32.2. The predicted molar refractivity (Wildman–Crippen MR) is 270 cm³/mol. The topological polar surface area (TPSA) is 358 Å². The number of hydrogen-bond donors (Lipinski definition) is 11. The second-order valence-corrected chi connectivity index (χ2v) is 21.5. The zero-order valence-corrected chi connectivity index (χ0v) is 43.7. The molecule has 1 saturated heterocycles. The van der Waals surface area contributed by atoms with Crippen LogP contribution in [0.3, 0.4) is 0 Å². The van der Waals surface area contributed by atoms with Crippen LogP contribution < -0.4 is 42.4 Å². The number of nitrogens with two attached hydrogens (primary N) is 1. The van der Waals surface area contributed by atoms with Crippen molar-refractivity contribution in [2.24, 2.45) is 29.4 Å². The number of Topliss-reactive ketones (excluding diaryl/α,β-unsaturated/α-hetero) is 2. The number of benzene rings is 1. The molecule has 1 aromatic heterocycles. The van der Waals surface area contributed by atoms with Crippen molar-refractivity contribution in [3.05, 3.63) is 23.8 Å². The number of aromatic nitrogens is 1. The largest absolute Gasteiger partial charge is 0.494 e. The molecule has 12 N–H and O–H groups in total. The number of carbonyl (C=O) groups is 9. The second kappa shape index (κ2) is 27.6. The Morgan fingerprint density at radius 3 is 2.24 bits per heavy atom. The Kier molecular flexibility index (Phi) is 22.1. The predicted octanol–water partition coefficient (Wildman–Crippen LogP) is -1.51. The van der Waals surface area contributed by atoms with Gasteiger partial charge in [0.25, 0.3) is 0 Å². The molecule has 1 fully saturated rings. The van der Waals surface area contributed by atoms with E-state index in [2.05, 4.69) is 50.7 Å². The number of nitrogens with zero attached hydrogens (tertiary/aromatic N) is 1. The summed E-state index contributed by atoms with van der Waals surface area (Å²) in [6.45, 7) is 7.58. The molecule has 1 aromatic carbocycles. The molecule has 3 aliphatic heterocycles. The van der Waals surface area contributed by atoms with Gasteiger partial charge in [0.1, 0.15) is 22.9 Å². The van der Waals surface area contributed by atoms with E-state index < -0.39 is 175 Å². The number of aliphatic hydroxyl groups is 3. The summed E-state index contributed by atoms with van der Waals surface area (Å²) in [5.41, 5.74) is 6.22. The number of aliphatic hydroxyl groups excluding tert-OH is 3. The maximum absolute atomic E-state index is 15.0. The first-order valence-electron chi connectivity index (χ1n) is 25.6. The third kappa shape index (κ3) is 16.1. The Morgan fingerprint density at radius 2 is 1.57 bits per heavy atom. The van der Waals surface area contributed by atoms with E-state index in [-0.39, 0.29) is 23.4 Å². The Bertz CT molecular complexity index is 2400. The van der Waals surface area contributed by atoms with Crippen LogP contribution in [0.1, 0.15) is 98.0 Å². The molecule has 0 aliphatic carbocycles. The summed E-state index contributed by atoms with van der Waals surface area (Å²) in [6.07, 6.45) is -1.74. The number of nitrogens with one attached hydrogen (secondary N) is 7. The zero-order valence-electron chi connectivity index (χ0n) is 42.9. The summed E-state index contributed by atoms with van der Waals surface area (Å²) in [5, 5.41) is 48.3. The van der Waals surface area contributed by atoms with Gasteiger partial charge >= 0.3 is 0 Å². The Balaban J connectivity index is 1.68. The normalized spacial score (nSPS) is 26.5. The number of hydrogen-bond acceptors (Lipinski definition) is 15. The molecule has 0 radical (unpaired) electrons. The molecule has 74 heavy (non-hydrogen) atoms. The van der Waals surface area contributed by atoms with Crippen LogP contribution in [0.25, 0.3) is 10.9 Å². The van der Waals surface area contributed by atoms with Crippen molar-refractivity contribution in [1.82, 2.24) is 41.8 Å². The van der Waals surface area contributed by atoms with E-state index >= 15 is 0 Å². The summed E-state index contributed by atoms with van der Waals surface area (Å²) in [7, 11) is -2.29. The van der Waals surface area contributed by atoms with Gasteiger partial charge in [0.15, 0.2) is 11.6 Å². The van der Waals surface area contributed by atoms with E-state index in [0.29, 0.717) is 35.7 Å². The maximum atomic E-state index is 15.0. The highest BCUT2D eigenvalue weighted by Gasteiger charge is 2.45. The SMILES string of the molecule is CC[C@H](C)[C@@H]1NC(=O)CNC(=O)C2CC(=O)[C@H]([C@@H](C)[C@@H](O)CO)NC(=O)[C@@H]3CC(O)CN3C(=O)[C@H](CC(N)=O)CC(=O)C(C[S@@](=O)c3[nH]c4cc(OCCCCCCNC(C)C)ccc4c3C2)NC(=O)CNC1=O. The molecule has 3 unspecified atom stereocenters. The fourth-order valence-corrected chi connectivity index (χ4v) is 10.9. The Labute approximate surface area is 432 Å². The van der Waals surface area contributed by atoms with Crippen LogP contribution in [0.5, 0.6) is 5.75 Å². The minimum atomic E-state index is -2.29. The van der Waals surface area contributed by atoms with E-state index in [0.717, 1.165) is 37.1 Å². The number of rotatable bonds is 16. The summed E-state index contributed by atoms with van der Waals surface area (Å²) < 4.78 is 21.1. The quantitative estimate of drug-likeness (QED) is 0.0852. The number of fused-ring (bicyclic) bond motifs is 5. The number of unbranched alkanes of at least 4 members (excludes halogenated alkanes) is 3. The van der Waals surface area contributed by atoms with Crippen LogP contribution in [-0.2, 0) is 60.4 Å². The lowest BCUT2D eigenvalue weighted by molar-refractivity contribution is -0.145. The van der Waals surface area contributed by atoms with Gasteiger partial charge in [-0.1, -0.05) is 53.9 Å². The lowest BCUT2D eigenvalue weighted by Crippen LogP contribution is -2.56. The third-order valence-corrected chi connectivity index (χ3v) is 15.4. The number of amides is 7. The lowest BCUT2D eigenvalue weighted by atomic mass is 9.85. The number of primary amides is 1. The molecule has 0 spiro atoms. The van der Waals surface area contributed by atoms with E-state index in [1.165, 1.54) is 6.92 Å². The second-order valence-electron chi connectivity index (χ2n) is 20.1. The van der Waals surface area contributed by atoms with E-state index in [1.54, 1.807) is 32.0 Å². The van der Waals surface area contributed by atoms with Crippen molar-refractivity contribution in [3.63, 3.8) is 0 Å². The van der Waals surface area contributed by atoms with Crippen molar-refractivity contribution in [3.8, 4) is 5.75 Å². The van der Waals surface area contributed by atoms with E-state index in [1.807, 2.05) is 0 Å². The van der Waals surface area contributed by atoms with Crippen LogP contribution in [-0.4, -0.2) is 170 Å². The molecular formula is C50H75N9O14S. The van der Waals surface area contributed by atoms with Gasteiger partial charge in [0.05, 0.1) is 78.6 Å². The van der Waals surface area contributed by atoms with Crippen molar-refractivity contribution in [2.75, 3.05) is 45.1 Å². The van der Waals surface area contributed by atoms with Gasteiger partial charge in [-0.2, -0.15) is 0 Å². The van der Waals surface area contributed by atoms with Gasteiger partial charge in [-0.05, 0) is 49.4 Å². The van der Waals surface area contributed by atoms with Crippen LogP contribution in [0.4, 0.5) is 0 Å². The number of ether oxygens (including phenoxy) is 1. The van der Waals surface area contributed by atoms with Gasteiger partial charge in [-0.3, -0.25) is 47.4 Å². The number of carbonyl (C=O) groups excluding carboxylic acids is 9. The fourth-order valence-electron chi connectivity index (χ4n) is 9.50. The van der Waals surface area contributed by atoms with Crippen molar-refractivity contribution in [2.45, 2.75) is 146 Å². The van der Waals surface area contributed by atoms with Gasteiger partial charge in [-0.15, -0.1) is 0 Å². The summed E-state index contributed by atoms with van der Waals surface area (Å²) in [5.74, 6) is -12.9. The zero-order chi connectivity index (χ0) is 54.4. The molecule has 11 atom stereocenters. The molecule has 4 heterocycles. The molecule has 7 amide bonds. The first-order chi connectivity index (χ1) is 35.1. The first-order valence-corrected chi connectivity index (χ1v) is 26.9. The van der Waals surface area contributed by atoms with Gasteiger partial charge < -0.3 is 67.6 Å². The molecule has 410 valence electrons. The smallest absolute Gasteiger partial charge is 0.243 e. The third-order valence-electron chi connectivity index (χ3n) is 14.0. The monoisotopic (exact) mass is 1060 g/mol. The lowest BCUT2D eigenvalue weighted by Gasteiger charge is -2.32. The van der Waals surface area contributed by atoms with Crippen molar-refractivity contribution in [1.29, 1.82) is 0 Å². The fraction of sp³-hybridized carbons (Fsp3) is 0.660. The average molecular weight is 1060 g/mol. The van der Waals surface area contributed by atoms with Gasteiger partial charge in [-0.25, -0.2) is 0 Å². The molecule has 23 nitrogen and oxygen atoms in total.